The fourth-order valence-electron chi connectivity index (χ4n) is 1.57. The molecule has 7 nitrogen and oxygen atoms in total. The summed E-state index contributed by atoms with van der Waals surface area (Å²) in [6.45, 7) is 5.24. The van der Waals surface area contributed by atoms with Crippen LogP contribution < -0.4 is 5.32 Å². The molecule has 0 bridgehead atoms. The Morgan fingerprint density at radius 1 is 1.58 bits per heavy atom. The van der Waals surface area contributed by atoms with Crippen molar-refractivity contribution in [3.8, 4) is 0 Å². The summed E-state index contributed by atoms with van der Waals surface area (Å²) >= 11 is 1.26. The van der Waals surface area contributed by atoms with Crippen LogP contribution in [0.15, 0.2) is 12.4 Å². The highest BCUT2D eigenvalue weighted by molar-refractivity contribution is 7.10. The van der Waals surface area contributed by atoms with Crippen LogP contribution in [0.3, 0.4) is 0 Å². The van der Waals surface area contributed by atoms with Crippen molar-refractivity contribution in [2.45, 2.75) is 20.4 Å². The minimum atomic E-state index is -0.336. The maximum absolute atomic E-state index is 11.8. The highest BCUT2D eigenvalue weighted by Gasteiger charge is 2.19. The molecule has 0 unspecified atom stereocenters. The topological polar surface area (TPSA) is 81.9 Å². The Morgan fingerprint density at radius 2 is 2.42 bits per heavy atom. The van der Waals surface area contributed by atoms with Gasteiger partial charge in [0.05, 0.1) is 25.0 Å². The number of anilines is 1. The van der Waals surface area contributed by atoms with Gasteiger partial charge in [-0.15, -0.1) is 5.10 Å². The van der Waals surface area contributed by atoms with E-state index in [0.717, 1.165) is 5.00 Å². The van der Waals surface area contributed by atoms with Gasteiger partial charge in [-0.1, -0.05) is 5.21 Å². The van der Waals surface area contributed by atoms with Crippen molar-refractivity contribution in [2.24, 2.45) is 0 Å². The molecule has 1 N–H and O–H groups in total. The predicted octanol–water partition coefficient (Wildman–Crippen LogP) is 1.33. The highest BCUT2D eigenvalue weighted by atomic mass is 32.1. The molecule has 0 radical (unpaired) electrons. The van der Waals surface area contributed by atoms with Crippen molar-refractivity contribution in [1.82, 2.24) is 19.4 Å². The molecule has 0 amide bonds. The van der Waals surface area contributed by atoms with E-state index in [4.69, 9.17) is 4.74 Å². The van der Waals surface area contributed by atoms with Gasteiger partial charge in [-0.3, -0.25) is 4.68 Å². The van der Waals surface area contributed by atoms with Crippen LogP contribution in [0.5, 0.6) is 0 Å². The molecule has 19 heavy (non-hydrogen) atoms. The number of esters is 1. The summed E-state index contributed by atoms with van der Waals surface area (Å²) in [7, 11) is 0. The van der Waals surface area contributed by atoms with Crippen LogP contribution >= 0.6 is 11.5 Å². The standard InChI is InChI=1S/C11H15N5O2S/c1-3-18-11(17)9-8(2)14-19-10(9)12-4-6-16-7-5-13-15-16/h5,7,12H,3-4,6H2,1-2H3. The van der Waals surface area contributed by atoms with Crippen LogP contribution in [0.25, 0.3) is 0 Å². The van der Waals surface area contributed by atoms with Crippen LogP contribution in [-0.4, -0.2) is 38.5 Å². The summed E-state index contributed by atoms with van der Waals surface area (Å²) in [6.07, 6.45) is 3.41. The second kappa shape index (κ2) is 6.28. The van der Waals surface area contributed by atoms with Crippen LogP contribution in [0.4, 0.5) is 5.00 Å². The first-order valence-electron chi connectivity index (χ1n) is 5.93. The van der Waals surface area contributed by atoms with E-state index in [1.807, 2.05) is 0 Å². The van der Waals surface area contributed by atoms with Gasteiger partial charge in [-0.05, 0) is 25.4 Å². The average molecular weight is 281 g/mol. The summed E-state index contributed by atoms with van der Waals surface area (Å²) in [5.74, 6) is -0.336. The molecular weight excluding hydrogens is 266 g/mol. The molecule has 8 heteroatoms. The second-order valence-corrected chi connectivity index (χ2v) is 4.56. The summed E-state index contributed by atoms with van der Waals surface area (Å²) in [4.78, 5) is 11.8. The number of aromatic nitrogens is 4. The number of nitrogens with one attached hydrogen (secondary N) is 1. The molecule has 102 valence electrons. The molecule has 0 fully saturated rings. The molecule has 0 aliphatic heterocycles. The number of carbonyl (C=O) groups is 1. The smallest absolute Gasteiger partial charge is 0.343 e. The highest BCUT2D eigenvalue weighted by Crippen LogP contribution is 2.25. The van der Waals surface area contributed by atoms with E-state index in [1.165, 1.54) is 11.5 Å². The lowest BCUT2D eigenvalue weighted by molar-refractivity contribution is 0.0527. The van der Waals surface area contributed by atoms with Crippen molar-refractivity contribution >= 4 is 22.5 Å². The molecular formula is C11H15N5O2S. The van der Waals surface area contributed by atoms with Gasteiger partial charge in [-0.25, -0.2) is 4.79 Å². The number of hydrogen-bond acceptors (Lipinski definition) is 7. The van der Waals surface area contributed by atoms with E-state index >= 15 is 0 Å². The van der Waals surface area contributed by atoms with Gasteiger partial charge in [0.1, 0.15) is 10.6 Å². The molecule has 0 aliphatic rings. The third-order valence-electron chi connectivity index (χ3n) is 2.44. The first-order valence-corrected chi connectivity index (χ1v) is 6.71. The average Bonchev–Trinajstić information content (AvgIpc) is 3.00. The molecule has 2 aromatic heterocycles. The van der Waals surface area contributed by atoms with Gasteiger partial charge in [-0.2, -0.15) is 4.37 Å². The number of nitrogens with zero attached hydrogens (tertiary/aromatic N) is 4. The van der Waals surface area contributed by atoms with Gasteiger partial charge in [0.2, 0.25) is 0 Å². The Bertz CT molecular complexity index is 537. The van der Waals surface area contributed by atoms with Crippen LogP contribution in [0.1, 0.15) is 23.0 Å². The Balaban J connectivity index is 1.98. The number of hydrogen-bond donors (Lipinski definition) is 1. The number of ether oxygens (including phenoxy) is 1. The van der Waals surface area contributed by atoms with Crippen molar-refractivity contribution in [3.63, 3.8) is 0 Å². The van der Waals surface area contributed by atoms with Crippen molar-refractivity contribution in [2.75, 3.05) is 18.5 Å². The summed E-state index contributed by atoms with van der Waals surface area (Å²) in [5.41, 5.74) is 1.21. The maximum atomic E-state index is 11.8. The zero-order valence-corrected chi connectivity index (χ0v) is 11.6. The van der Waals surface area contributed by atoms with E-state index in [9.17, 15) is 4.79 Å². The summed E-state index contributed by atoms with van der Waals surface area (Å²) < 4.78 is 10.9. The van der Waals surface area contributed by atoms with Crippen LogP contribution in [0, 0.1) is 6.92 Å². The molecule has 2 aromatic rings. The van der Waals surface area contributed by atoms with E-state index < -0.39 is 0 Å². The SMILES string of the molecule is CCOC(=O)c1c(C)nsc1NCCn1ccnn1. The predicted molar refractivity (Wildman–Crippen MR) is 71.3 cm³/mol. The quantitative estimate of drug-likeness (QED) is 0.804. The Labute approximate surface area is 114 Å². The third kappa shape index (κ3) is 3.28. The van der Waals surface area contributed by atoms with Gasteiger partial charge in [0.25, 0.3) is 0 Å². The molecule has 0 saturated carbocycles. The van der Waals surface area contributed by atoms with Gasteiger partial charge in [0.15, 0.2) is 0 Å². The summed E-state index contributed by atoms with van der Waals surface area (Å²) in [5, 5.41) is 11.5. The molecule has 2 rings (SSSR count). The Kier molecular flexibility index (Phi) is 4.45. The Morgan fingerprint density at radius 3 is 3.11 bits per heavy atom. The zero-order chi connectivity index (χ0) is 13.7. The number of aryl methyl sites for hydroxylation is 1. The monoisotopic (exact) mass is 281 g/mol. The van der Waals surface area contributed by atoms with Gasteiger partial charge >= 0.3 is 5.97 Å². The fraction of sp³-hybridized carbons (Fsp3) is 0.455. The molecule has 0 aliphatic carbocycles. The van der Waals surface area contributed by atoms with E-state index in [0.29, 0.717) is 31.0 Å². The number of rotatable bonds is 6. The first kappa shape index (κ1) is 13.5. The molecule has 0 aromatic carbocycles. The van der Waals surface area contributed by atoms with Crippen LogP contribution in [0.2, 0.25) is 0 Å². The first-order chi connectivity index (χ1) is 9.22. The van der Waals surface area contributed by atoms with E-state index in [1.54, 1.807) is 30.9 Å². The minimum Gasteiger partial charge on any atom is -0.462 e. The second-order valence-electron chi connectivity index (χ2n) is 3.79. The number of carbonyl (C=O) groups excluding carboxylic acids is 1. The minimum absolute atomic E-state index is 0.336. The Hall–Kier alpha value is -1.96. The lowest BCUT2D eigenvalue weighted by Crippen LogP contribution is -2.13. The van der Waals surface area contributed by atoms with Crippen molar-refractivity contribution in [3.05, 3.63) is 23.7 Å². The molecule has 0 atom stereocenters. The summed E-state index contributed by atoms with van der Waals surface area (Å²) in [6, 6.07) is 0. The lowest BCUT2D eigenvalue weighted by Gasteiger charge is -2.06. The van der Waals surface area contributed by atoms with E-state index in [2.05, 4.69) is 20.0 Å². The third-order valence-corrected chi connectivity index (χ3v) is 3.34. The van der Waals surface area contributed by atoms with Crippen molar-refractivity contribution < 1.29 is 9.53 Å². The maximum Gasteiger partial charge on any atom is 0.343 e. The largest absolute Gasteiger partial charge is 0.462 e. The lowest BCUT2D eigenvalue weighted by atomic mass is 10.2. The van der Waals surface area contributed by atoms with E-state index in [-0.39, 0.29) is 5.97 Å². The zero-order valence-electron chi connectivity index (χ0n) is 10.8. The van der Waals surface area contributed by atoms with Gasteiger partial charge in [0, 0.05) is 12.7 Å². The normalized spacial score (nSPS) is 10.4. The molecule has 0 spiro atoms. The van der Waals surface area contributed by atoms with Crippen LogP contribution in [-0.2, 0) is 11.3 Å². The fourth-order valence-corrected chi connectivity index (χ4v) is 2.38. The molecule has 0 saturated heterocycles. The molecule has 2 heterocycles. The van der Waals surface area contributed by atoms with Gasteiger partial charge < -0.3 is 10.1 Å². The van der Waals surface area contributed by atoms with Crippen molar-refractivity contribution in [1.29, 1.82) is 0 Å².